The van der Waals surface area contributed by atoms with Crippen molar-refractivity contribution in [3.8, 4) is 5.75 Å². The van der Waals surface area contributed by atoms with Crippen molar-refractivity contribution in [3.05, 3.63) is 41.2 Å². The number of carbonyl (C=O) groups is 1. The molecule has 0 radical (unpaired) electrons. The molecule has 0 saturated carbocycles. The fraction of sp³-hybridized carbons (Fsp3) is 0.409. The van der Waals surface area contributed by atoms with E-state index in [0.29, 0.717) is 41.9 Å². The van der Waals surface area contributed by atoms with Crippen molar-refractivity contribution in [3.63, 3.8) is 0 Å². The first-order valence-corrected chi connectivity index (χ1v) is 10.3. The summed E-state index contributed by atoms with van der Waals surface area (Å²) in [7, 11) is 1.58. The minimum Gasteiger partial charge on any atom is -0.497 e. The highest BCUT2D eigenvalue weighted by atomic mass is 16.5. The number of benzene rings is 1. The van der Waals surface area contributed by atoms with Gasteiger partial charge in [-0.05, 0) is 32.0 Å². The second kappa shape index (κ2) is 8.71. The summed E-state index contributed by atoms with van der Waals surface area (Å²) in [5.41, 5.74) is 5.90. The normalized spacial score (nSPS) is 20.2. The number of methoxy groups -OCH3 is 1. The van der Waals surface area contributed by atoms with Gasteiger partial charge in [0.05, 0.1) is 24.6 Å². The zero-order valence-electron chi connectivity index (χ0n) is 18.0. The Bertz CT molecular complexity index is 989. The fourth-order valence-corrected chi connectivity index (χ4v) is 4.41. The van der Waals surface area contributed by atoms with Crippen molar-refractivity contribution in [2.24, 2.45) is 16.9 Å². The average Bonchev–Trinajstić information content (AvgIpc) is 3.32. The molecule has 2 unspecified atom stereocenters. The van der Waals surface area contributed by atoms with Crippen LogP contribution in [0.15, 0.2) is 29.4 Å². The molecular formula is C22H27N7O2. The van der Waals surface area contributed by atoms with Gasteiger partial charge in [-0.3, -0.25) is 10.2 Å². The number of ether oxygens (including phenoxy) is 1. The Kier molecular flexibility index (Phi) is 5.83. The van der Waals surface area contributed by atoms with E-state index in [9.17, 15) is 4.79 Å². The minimum atomic E-state index is -0.0289. The number of rotatable bonds is 6. The standard InChI is InChI=1S/C22H27N7O2/c1-14-8-15(2)26-22(25-14)29-12-16-10-28(11-17(16)13-29)21(30)19-5-4-18(31-3)9-20(19)27-24-7-6-23/h4-9,16-17,23,27H,10-13H2,1-3H3/b23-6?,24-7-. The summed E-state index contributed by atoms with van der Waals surface area (Å²) in [6.45, 7) is 7.10. The second-order valence-corrected chi connectivity index (χ2v) is 8.05. The third kappa shape index (κ3) is 4.35. The summed E-state index contributed by atoms with van der Waals surface area (Å²) in [6.07, 6.45) is 2.39. The van der Waals surface area contributed by atoms with Gasteiger partial charge in [0.25, 0.3) is 5.91 Å². The number of hydrogen-bond acceptors (Lipinski definition) is 8. The maximum Gasteiger partial charge on any atom is 0.256 e. The molecule has 162 valence electrons. The molecule has 2 atom stereocenters. The van der Waals surface area contributed by atoms with Gasteiger partial charge in [0.15, 0.2) is 0 Å². The summed E-state index contributed by atoms with van der Waals surface area (Å²) >= 11 is 0. The molecule has 9 heteroatoms. The molecule has 2 saturated heterocycles. The fourth-order valence-electron chi connectivity index (χ4n) is 4.41. The highest BCUT2D eigenvalue weighted by Crippen LogP contribution is 2.34. The molecule has 1 aromatic heterocycles. The van der Waals surface area contributed by atoms with Gasteiger partial charge in [-0.15, -0.1) is 0 Å². The van der Waals surface area contributed by atoms with Crippen molar-refractivity contribution in [1.29, 1.82) is 5.41 Å². The lowest BCUT2D eigenvalue weighted by Crippen LogP contribution is -2.34. The predicted octanol–water partition coefficient (Wildman–Crippen LogP) is 2.36. The van der Waals surface area contributed by atoms with Crippen molar-refractivity contribution >= 4 is 30.0 Å². The van der Waals surface area contributed by atoms with Crippen molar-refractivity contribution in [2.75, 3.05) is 43.6 Å². The van der Waals surface area contributed by atoms with Gasteiger partial charge < -0.3 is 19.9 Å². The van der Waals surface area contributed by atoms with E-state index in [2.05, 4.69) is 25.4 Å². The lowest BCUT2D eigenvalue weighted by molar-refractivity contribution is 0.0783. The summed E-state index contributed by atoms with van der Waals surface area (Å²) in [6, 6.07) is 7.25. The number of amides is 1. The molecule has 31 heavy (non-hydrogen) atoms. The van der Waals surface area contributed by atoms with Gasteiger partial charge in [0.2, 0.25) is 5.95 Å². The van der Waals surface area contributed by atoms with E-state index in [1.54, 1.807) is 25.3 Å². The molecule has 9 nitrogen and oxygen atoms in total. The number of nitrogens with zero attached hydrogens (tertiary/aromatic N) is 5. The summed E-state index contributed by atoms with van der Waals surface area (Å²) < 4.78 is 5.27. The molecule has 0 aliphatic carbocycles. The van der Waals surface area contributed by atoms with E-state index in [1.165, 1.54) is 6.21 Å². The maximum atomic E-state index is 13.3. The quantitative estimate of drug-likeness (QED) is 0.548. The molecule has 0 bridgehead atoms. The Morgan fingerprint density at radius 2 is 1.84 bits per heavy atom. The first kappa shape index (κ1) is 20.8. The van der Waals surface area contributed by atoms with Gasteiger partial charge in [0, 0.05) is 61.7 Å². The monoisotopic (exact) mass is 421 g/mol. The van der Waals surface area contributed by atoms with Crippen LogP contribution in [0.25, 0.3) is 0 Å². The first-order valence-electron chi connectivity index (χ1n) is 10.3. The van der Waals surface area contributed by atoms with E-state index in [1.807, 2.05) is 24.8 Å². The van der Waals surface area contributed by atoms with E-state index in [-0.39, 0.29) is 5.91 Å². The van der Waals surface area contributed by atoms with E-state index < -0.39 is 0 Å². The maximum absolute atomic E-state index is 13.3. The summed E-state index contributed by atoms with van der Waals surface area (Å²) in [5.74, 6) is 2.19. The smallest absolute Gasteiger partial charge is 0.256 e. The van der Waals surface area contributed by atoms with Crippen molar-refractivity contribution < 1.29 is 9.53 Å². The Morgan fingerprint density at radius 1 is 1.16 bits per heavy atom. The highest BCUT2D eigenvalue weighted by Gasteiger charge is 2.42. The average molecular weight is 422 g/mol. The number of hydrazone groups is 1. The van der Waals surface area contributed by atoms with Gasteiger partial charge >= 0.3 is 0 Å². The van der Waals surface area contributed by atoms with Crippen LogP contribution in [0.1, 0.15) is 21.7 Å². The SMILES string of the molecule is COc1ccc(C(=O)N2CC3CN(c4nc(C)cc(C)n4)CC3C2)c(N/N=C\C=N)c1. The second-order valence-electron chi connectivity index (χ2n) is 8.05. The molecule has 1 aromatic carbocycles. The Balaban J connectivity index is 1.47. The number of carbonyl (C=O) groups excluding carboxylic acids is 1. The number of fused-ring (bicyclic) bond motifs is 1. The van der Waals surface area contributed by atoms with Crippen molar-refractivity contribution in [2.45, 2.75) is 13.8 Å². The Labute approximate surface area is 181 Å². The molecule has 4 rings (SSSR count). The van der Waals surface area contributed by atoms with Gasteiger partial charge in [0.1, 0.15) is 5.75 Å². The number of aromatic nitrogens is 2. The number of anilines is 2. The van der Waals surface area contributed by atoms with Crippen LogP contribution in [0.5, 0.6) is 5.75 Å². The third-order valence-corrected chi connectivity index (χ3v) is 5.82. The highest BCUT2D eigenvalue weighted by molar-refractivity contribution is 6.14. The van der Waals surface area contributed by atoms with Crippen LogP contribution in [0.4, 0.5) is 11.6 Å². The summed E-state index contributed by atoms with van der Waals surface area (Å²) in [4.78, 5) is 26.6. The summed E-state index contributed by atoms with van der Waals surface area (Å²) in [5, 5.41) is 11.0. The van der Waals surface area contributed by atoms with Gasteiger partial charge in [-0.1, -0.05) is 0 Å². The van der Waals surface area contributed by atoms with E-state index in [4.69, 9.17) is 10.1 Å². The third-order valence-electron chi connectivity index (χ3n) is 5.82. The molecule has 2 aliphatic heterocycles. The predicted molar refractivity (Wildman–Crippen MR) is 120 cm³/mol. The molecule has 2 aromatic rings. The number of nitrogens with one attached hydrogen (secondary N) is 2. The van der Waals surface area contributed by atoms with Crippen LogP contribution in [-0.4, -0.2) is 66.5 Å². The zero-order valence-corrected chi connectivity index (χ0v) is 18.0. The minimum absolute atomic E-state index is 0.0289. The van der Waals surface area contributed by atoms with E-state index >= 15 is 0 Å². The van der Waals surface area contributed by atoms with Gasteiger partial charge in [-0.25, -0.2) is 9.97 Å². The first-order chi connectivity index (χ1) is 15.0. The molecule has 3 heterocycles. The lowest BCUT2D eigenvalue weighted by atomic mass is 10.0. The van der Waals surface area contributed by atoms with Crippen LogP contribution in [0, 0.1) is 31.1 Å². The van der Waals surface area contributed by atoms with Crippen molar-refractivity contribution in [1.82, 2.24) is 14.9 Å². The molecule has 2 N–H and O–H groups in total. The van der Waals surface area contributed by atoms with Crippen LogP contribution < -0.4 is 15.1 Å². The van der Waals surface area contributed by atoms with Crippen LogP contribution in [0.2, 0.25) is 0 Å². The molecule has 2 fully saturated rings. The van der Waals surface area contributed by atoms with Gasteiger partial charge in [-0.2, -0.15) is 5.10 Å². The van der Waals surface area contributed by atoms with E-state index in [0.717, 1.165) is 36.6 Å². The molecule has 0 spiro atoms. The molecular weight excluding hydrogens is 394 g/mol. The number of likely N-dealkylation sites (tertiary alicyclic amines) is 1. The Hall–Kier alpha value is -3.49. The topological polar surface area (TPSA) is 107 Å². The zero-order chi connectivity index (χ0) is 22.0. The lowest BCUT2D eigenvalue weighted by Gasteiger charge is -2.23. The molecule has 2 aliphatic rings. The number of aryl methyl sites for hydroxylation is 2. The van der Waals surface area contributed by atoms with Crippen LogP contribution >= 0.6 is 0 Å². The molecule has 1 amide bonds. The number of hydrogen-bond donors (Lipinski definition) is 2. The van der Waals surface area contributed by atoms with Crippen LogP contribution in [0.3, 0.4) is 0 Å². The Morgan fingerprint density at radius 3 is 2.45 bits per heavy atom. The largest absolute Gasteiger partial charge is 0.497 e. The van der Waals surface area contributed by atoms with Crippen LogP contribution in [-0.2, 0) is 0 Å².